The molecule has 94 valence electrons. The summed E-state index contributed by atoms with van der Waals surface area (Å²) in [5, 5.41) is 3.33. The van der Waals surface area contributed by atoms with Crippen molar-refractivity contribution in [2.75, 3.05) is 11.9 Å². The molecule has 0 aliphatic rings. The van der Waals surface area contributed by atoms with Gasteiger partial charge in [-0.05, 0) is 26.3 Å². The zero-order valence-corrected chi connectivity index (χ0v) is 11.4. The van der Waals surface area contributed by atoms with Crippen molar-refractivity contribution in [2.24, 2.45) is 0 Å². The Balaban J connectivity index is 3.08. The molecule has 0 saturated heterocycles. The Bertz CT molecular complexity index is 437. The molecule has 0 spiro atoms. The van der Waals surface area contributed by atoms with E-state index in [0.29, 0.717) is 23.6 Å². The minimum absolute atomic E-state index is 0.100. The maximum absolute atomic E-state index is 11.8. The van der Waals surface area contributed by atoms with Gasteiger partial charge in [0.2, 0.25) is 5.91 Å². The number of esters is 1. The van der Waals surface area contributed by atoms with Crippen LogP contribution in [0.15, 0.2) is 0 Å². The van der Waals surface area contributed by atoms with Crippen LogP contribution in [0.2, 0.25) is 0 Å². The first-order chi connectivity index (χ1) is 8.01. The quantitative estimate of drug-likeness (QED) is 0.842. The summed E-state index contributed by atoms with van der Waals surface area (Å²) in [5.41, 5.74) is 1.36. The van der Waals surface area contributed by atoms with Crippen molar-refractivity contribution in [1.82, 2.24) is 0 Å². The molecule has 0 aliphatic heterocycles. The fourth-order valence-electron chi connectivity index (χ4n) is 1.38. The van der Waals surface area contributed by atoms with E-state index < -0.39 is 0 Å². The van der Waals surface area contributed by atoms with Gasteiger partial charge in [-0.2, -0.15) is 0 Å². The number of thiophene rings is 1. The molecule has 1 N–H and O–H groups in total. The highest BCUT2D eigenvalue weighted by atomic mass is 32.1. The third kappa shape index (κ3) is 3.06. The summed E-state index contributed by atoms with van der Waals surface area (Å²) in [7, 11) is 0. The van der Waals surface area contributed by atoms with Gasteiger partial charge in [0.25, 0.3) is 0 Å². The van der Waals surface area contributed by atoms with E-state index in [9.17, 15) is 9.59 Å². The SMILES string of the molecule is CCOC(=O)c1c(NC(=O)CC)sc(C)c1C. The highest BCUT2D eigenvalue weighted by Gasteiger charge is 2.21. The van der Waals surface area contributed by atoms with Crippen molar-refractivity contribution >= 4 is 28.2 Å². The Labute approximate surface area is 105 Å². The van der Waals surface area contributed by atoms with E-state index in [2.05, 4.69) is 5.32 Å². The number of amides is 1. The van der Waals surface area contributed by atoms with Gasteiger partial charge in [0.1, 0.15) is 5.00 Å². The van der Waals surface area contributed by atoms with Gasteiger partial charge in [-0.25, -0.2) is 4.79 Å². The molecule has 0 atom stereocenters. The van der Waals surface area contributed by atoms with Crippen LogP contribution in [0, 0.1) is 13.8 Å². The van der Waals surface area contributed by atoms with Crippen molar-refractivity contribution < 1.29 is 14.3 Å². The number of nitrogens with one attached hydrogen (secondary N) is 1. The largest absolute Gasteiger partial charge is 0.462 e. The number of hydrogen-bond acceptors (Lipinski definition) is 4. The zero-order valence-electron chi connectivity index (χ0n) is 10.5. The van der Waals surface area contributed by atoms with Crippen LogP contribution in [-0.4, -0.2) is 18.5 Å². The minimum atomic E-state index is -0.374. The molecular weight excluding hydrogens is 238 g/mol. The molecule has 5 heteroatoms. The topological polar surface area (TPSA) is 55.4 Å². The van der Waals surface area contributed by atoms with Crippen LogP contribution in [-0.2, 0) is 9.53 Å². The maximum Gasteiger partial charge on any atom is 0.341 e. The summed E-state index contributed by atoms with van der Waals surface area (Å²) in [6.45, 7) is 7.64. The average molecular weight is 255 g/mol. The second kappa shape index (κ2) is 5.82. The van der Waals surface area contributed by atoms with Crippen molar-refractivity contribution in [1.29, 1.82) is 0 Å². The molecular formula is C12H17NO3S. The smallest absolute Gasteiger partial charge is 0.341 e. The van der Waals surface area contributed by atoms with Crippen molar-refractivity contribution in [2.45, 2.75) is 34.1 Å². The van der Waals surface area contributed by atoms with Crippen molar-refractivity contribution in [3.05, 3.63) is 16.0 Å². The number of aryl methyl sites for hydroxylation is 1. The standard InChI is InChI=1S/C12H17NO3S/c1-5-9(14)13-11-10(12(15)16-6-2)7(3)8(4)17-11/h5-6H2,1-4H3,(H,13,14). The van der Waals surface area contributed by atoms with Gasteiger partial charge in [-0.1, -0.05) is 6.92 Å². The van der Waals surface area contributed by atoms with E-state index in [1.165, 1.54) is 11.3 Å². The monoisotopic (exact) mass is 255 g/mol. The van der Waals surface area contributed by atoms with Crippen LogP contribution in [0.3, 0.4) is 0 Å². The molecule has 0 unspecified atom stereocenters. The molecule has 0 radical (unpaired) electrons. The predicted molar refractivity (Wildman–Crippen MR) is 68.7 cm³/mol. The third-order valence-electron chi connectivity index (χ3n) is 2.44. The highest BCUT2D eigenvalue weighted by Crippen LogP contribution is 2.33. The Morgan fingerprint density at radius 3 is 2.47 bits per heavy atom. The van der Waals surface area contributed by atoms with Gasteiger partial charge in [0, 0.05) is 11.3 Å². The molecule has 0 saturated carbocycles. The predicted octanol–water partition coefficient (Wildman–Crippen LogP) is 2.89. The molecule has 0 bridgehead atoms. The molecule has 1 heterocycles. The molecule has 0 aromatic carbocycles. The van der Waals surface area contributed by atoms with Crippen LogP contribution in [0.4, 0.5) is 5.00 Å². The number of rotatable bonds is 4. The Morgan fingerprint density at radius 2 is 1.94 bits per heavy atom. The number of ether oxygens (including phenoxy) is 1. The second-order valence-electron chi connectivity index (χ2n) is 3.61. The van der Waals surface area contributed by atoms with Gasteiger partial charge in [-0.15, -0.1) is 11.3 Å². The summed E-state index contributed by atoms with van der Waals surface area (Å²) in [4.78, 5) is 24.2. The van der Waals surface area contributed by atoms with Crippen molar-refractivity contribution in [3.8, 4) is 0 Å². The summed E-state index contributed by atoms with van der Waals surface area (Å²) in [5.74, 6) is -0.474. The van der Waals surface area contributed by atoms with Gasteiger partial charge in [0.05, 0.1) is 12.2 Å². The Hall–Kier alpha value is -1.36. The van der Waals surface area contributed by atoms with Gasteiger partial charge in [0.15, 0.2) is 0 Å². The van der Waals surface area contributed by atoms with Crippen LogP contribution >= 0.6 is 11.3 Å². The lowest BCUT2D eigenvalue weighted by atomic mass is 10.1. The highest BCUT2D eigenvalue weighted by molar-refractivity contribution is 7.16. The van der Waals surface area contributed by atoms with Gasteiger partial charge in [-0.3, -0.25) is 4.79 Å². The number of hydrogen-bond donors (Lipinski definition) is 1. The first-order valence-corrected chi connectivity index (χ1v) is 6.39. The first-order valence-electron chi connectivity index (χ1n) is 5.58. The second-order valence-corrected chi connectivity index (χ2v) is 4.83. The summed E-state index contributed by atoms with van der Waals surface area (Å²) in [6, 6.07) is 0. The molecule has 17 heavy (non-hydrogen) atoms. The molecule has 0 fully saturated rings. The molecule has 1 aromatic heterocycles. The van der Waals surface area contributed by atoms with Crippen LogP contribution in [0.1, 0.15) is 41.1 Å². The van der Waals surface area contributed by atoms with E-state index in [-0.39, 0.29) is 11.9 Å². The third-order valence-corrected chi connectivity index (χ3v) is 3.56. The fourth-order valence-corrected chi connectivity index (χ4v) is 2.44. The van der Waals surface area contributed by atoms with E-state index >= 15 is 0 Å². The molecule has 4 nitrogen and oxygen atoms in total. The van der Waals surface area contributed by atoms with Crippen LogP contribution in [0.25, 0.3) is 0 Å². The first kappa shape index (κ1) is 13.7. The lowest BCUT2D eigenvalue weighted by Crippen LogP contribution is -2.13. The van der Waals surface area contributed by atoms with E-state index in [1.807, 2.05) is 13.8 Å². The molecule has 1 rings (SSSR count). The lowest BCUT2D eigenvalue weighted by molar-refractivity contribution is -0.115. The lowest BCUT2D eigenvalue weighted by Gasteiger charge is -2.05. The van der Waals surface area contributed by atoms with E-state index in [4.69, 9.17) is 4.74 Å². The number of carbonyl (C=O) groups excluding carboxylic acids is 2. The van der Waals surface area contributed by atoms with E-state index in [1.54, 1.807) is 13.8 Å². The Morgan fingerprint density at radius 1 is 1.29 bits per heavy atom. The normalized spacial score (nSPS) is 10.1. The van der Waals surface area contributed by atoms with E-state index in [0.717, 1.165) is 10.4 Å². The summed E-state index contributed by atoms with van der Waals surface area (Å²) >= 11 is 1.41. The average Bonchev–Trinajstić information content (AvgIpc) is 2.54. The molecule has 1 amide bonds. The maximum atomic E-state index is 11.8. The van der Waals surface area contributed by atoms with Gasteiger partial charge < -0.3 is 10.1 Å². The summed E-state index contributed by atoms with van der Waals surface area (Å²) in [6.07, 6.45) is 0.387. The fraction of sp³-hybridized carbons (Fsp3) is 0.500. The summed E-state index contributed by atoms with van der Waals surface area (Å²) < 4.78 is 4.99. The molecule has 0 aliphatic carbocycles. The zero-order chi connectivity index (χ0) is 13.0. The Kier molecular flexibility index (Phi) is 4.69. The minimum Gasteiger partial charge on any atom is -0.462 e. The van der Waals surface area contributed by atoms with Crippen molar-refractivity contribution in [3.63, 3.8) is 0 Å². The van der Waals surface area contributed by atoms with Crippen LogP contribution < -0.4 is 5.32 Å². The van der Waals surface area contributed by atoms with Gasteiger partial charge >= 0.3 is 5.97 Å². The number of anilines is 1. The number of carbonyl (C=O) groups is 2. The molecule has 1 aromatic rings. The van der Waals surface area contributed by atoms with Crippen LogP contribution in [0.5, 0.6) is 0 Å².